The maximum Gasteiger partial charge on any atom is 0.153 e. The van der Waals surface area contributed by atoms with Gasteiger partial charge in [-0.05, 0) is 39.0 Å². The molecule has 0 bridgehead atoms. The molecule has 0 aliphatic heterocycles. The van der Waals surface area contributed by atoms with Crippen LogP contribution in [0, 0.1) is 0 Å². The Hall–Kier alpha value is -1.09. The highest BCUT2D eigenvalue weighted by molar-refractivity contribution is 9.10. The lowest BCUT2D eigenvalue weighted by Gasteiger charge is -2.21. The SMILES string of the molecule is C=CCOc1c(Br)cc(C(C)(C)C)cc1C=O. The third-order valence-electron chi connectivity index (χ3n) is 2.41. The average molecular weight is 297 g/mol. The van der Waals surface area contributed by atoms with E-state index >= 15 is 0 Å². The molecule has 0 aliphatic rings. The lowest BCUT2D eigenvalue weighted by Crippen LogP contribution is -2.12. The Bertz CT molecular complexity index is 431. The van der Waals surface area contributed by atoms with E-state index in [0.29, 0.717) is 17.9 Å². The van der Waals surface area contributed by atoms with Gasteiger partial charge in [-0.15, -0.1) is 0 Å². The number of carbonyl (C=O) groups is 1. The minimum absolute atomic E-state index is 0.00273. The van der Waals surface area contributed by atoms with E-state index in [1.54, 1.807) is 6.08 Å². The van der Waals surface area contributed by atoms with Crippen LogP contribution in [0.15, 0.2) is 29.3 Å². The van der Waals surface area contributed by atoms with Gasteiger partial charge >= 0.3 is 0 Å². The second-order valence-corrected chi connectivity index (χ2v) is 5.70. The predicted octanol–water partition coefficient (Wildman–Crippen LogP) is 4.12. The van der Waals surface area contributed by atoms with Crippen LogP contribution in [0.2, 0.25) is 0 Å². The molecular weight excluding hydrogens is 280 g/mol. The zero-order valence-corrected chi connectivity index (χ0v) is 12.0. The molecule has 0 aliphatic carbocycles. The molecule has 2 nitrogen and oxygen atoms in total. The van der Waals surface area contributed by atoms with Crippen LogP contribution in [-0.4, -0.2) is 12.9 Å². The quantitative estimate of drug-likeness (QED) is 0.617. The third-order valence-corrected chi connectivity index (χ3v) is 3.00. The topological polar surface area (TPSA) is 26.3 Å². The average Bonchev–Trinajstić information content (AvgIpc) is 2.25. The van der Waals surface area contributed by atoms with Crippen molar-refractivity contribution < 1.29 is 9.53 Å². The first-order chi connectivity index (χ1) is 7.90. The van der Waals surface area contributed by atoms with Crippen molar-refractivity contribution in [2.75, 3.05) is 6.61 Å². The fourth-order valence-electron chi connectivity index (χ4n) is 1.43. The number of aldehydes is 1. The highest BCUT2D eigenvalue weighted by atomic mass is 79.9. The third kappa shape index (κ3) is 3.43. The highest BCUT2D eigenvalue weighted by Gasteiger charge is 2.18. The zero-order chi connectivity index (χ0) is 13.1. The van der Waals surface area contributed by atoms with Crippen molar-refractivity contribution in [3.8, 4) is 5.75 Å². The summed E-state index contributed by atoms with van der Waals surface area (Å²) >= 11 is 3.44. The van der Waals surface area contributed by atoms with Gasteiger partial charge in [-0.3, -0.25) is 4.79 Å². The van der Waals surface area contributed by atoms with Crippen molar-refractivity contribution >= 4 is 22.2 Å². The van der Waals surface area contributed by atoms with Gasteiger partial charge in [-0.2, -0.15) is 0 Å². The minimum Gasteiger partial charge on any atom is -0.488 e. The molecule has 17 heavy (non-hydrogen) atoms. The van der Waals surface area contributed by atoms with Crippen LogP contribution in [0.4, 0.5) is 0 Å². The largest absolute Gasteiger partial charge is 0.488 e. The molecule has 0 aromatic heterocycles. The second kappa shape index (κ2) is 5.50. The van der Waals surface area contributed by atoms with Gasteiger partial charge in [0.1, 0.15) is 12.4 Å². The summed E-state index contributed by atoms with van der Waals surface area (Å²) in [6.45, 7) is 10.3. The summed E-state index contributed by atoms with van der Waals surface area (Å²) in [6.07, 6.45) is 2.47. The molecule has 1 aromatic rings. The maximum absolute atomic E-state index is 11.1. The fraction of sp³-hybridized carbons (Fsp3) is 0.357. The molecule has 0 radical (unpaired) electrons. The molecule has 92 valence electrons. The summed E-state index contributed by atoms with van der Waals surface area (Å²) in [4.78, 5) is 11.1. The summed E-state index contributed by atoms with van der Waals surface area (Å²) in [7, 11) is 0. The lowest BCUT2D eigenvalue weighted by atomic mass is 9.86. The second-order valence-electron chi connectivity index (χ2n) is 4.84. The molecule has 3 heteroatoms. The molecule has 0 unspecified atom stereocenters. The summed E-state index contributed by atoms with van der Waals surface area (Å²) < 4.78 is 6.28. The first-order valence-electron chi connectivity index (χ1n) is 5.43. The smallest absolute Gasteiger partial charge is 0.153 e. The van der Waals surface area contributed by atoms with Crippen molar-refractivity contribution in [3.63, 3.8) is 0 Å². The van der Waals surface area contributed by atoms with Gasteiger partial charge in [-0.1, -0.05) is 33.4 Å². The summed E-state index contributed by atoms with van der Waals surface area (Å²) in [5.41, 5.74) is 1.65. The van der Waals surface area contributed by atoms with Crippen LogP contribution in [-0.2, 0) is 5.41 Å². The van der Waals surface area contributed by atoms with Gasteiger partial charge < -0.3 is 4.74 Å². The van der Waals surface area contributed by atoms with Gasteiger partial charge in [0, 0.05) is 0 Å². The molecule has 0 saturated carbocycles. The minimum atomic E-state index is -0.00273. The summed E-state index contributed by atoms with van der Waals surface area (Å²) in [5, 5.41) is 0. The van der Waals surface area contributed by atoms with Crippen LogP contribution < -0.4 is 4.74 Å². The van der Waals surface area contributed by atoms with Crippen molar-refractivity contribution in [3.05, 3.63) is 40.4 Å². The van der Waals surface area contributed by atoms with Crippen molar-refractivity contribution in [1.29, 1.82) is 0 Å². The van der Waals surface area contributed by atoms with E-state index < -0.39 is 0 Å². The maximum atomic E-state index is 11.1. The van der Waals surface area contributed by atoms with Crippen LogP contribution in [0.25, 0.3) is 0 Å². The van der Waals surface area contributed by atoms with E-state index in [4.69, 9.17) is 4.74 Å². The van der Waals surface area contributed by atoms with Crippen LogP contribution in [0.3, 0.4) is 0 Å². The van der Waals surface area contributed by atoms with Gasteiger partial charge in [0.15, 0.2) is 6.29 Å². The van der Waals surface area contributed by atoms with E-state index in [-0.39, 0.29) is 5.41 Å². The van der Waals surface area contributed by atoms with Gasteiger partial charge in [0.2, 0.25) is 0 Å². The first-order valence-corrected chi connectivity index (χ1v) is 6.22. The number of hydrogen-bond acceptors (Lipinski definition) is 2. The van der Waals surface area contributed by atoms with Crippen molar-refractivity contribution in [2.24, 2.45) is 0 Å². The Morgan fingerprint density at radius 1 is 1.41 bits per heavy atom. The Labute approximate surface area is 111 Å². The molecule has 0 heterocycles. The number of rotatable bonds is 4. The standard InChI is InChI=1S/C14H17BrO2/c1-5-6-17-13-10(9-16)7-11(8-12(13)15)14(2,3)4/h5,7-9H,1,6H2,2-4H3. The van der Waals surface area contributed by atoms with Crippen molar-refractivity contribution in [1.82, 2.24) is 0 Å². The Balaban J connectivity index is 3.25. The van der Waals surface area contributed by atoms with E-state index in [1.807, 2.05) is 12.1 Å². The van der Waals surface area contributed by atoms with Crippen LogP contribution in [0.5, 0.6) is 5.75 Å². The number of ether oxygens (including phenoxy) is 1. The molecule has 0 fully saturated rings. The van der Waals surface area contributed by atoms with E-state index in [9.17, 15) is 4.79 Å². The molecule has 1 aromatic carbocycles. The van der Waals surface area contributed by atoms with Crippen molar-refractivity contribution in [2.45, 2.75) is 26.2 Å². The molecule has 0 spiro atoms. The number of carbonyl (C=O) groups excluding carboxylic acids is 1. The van der Waals surface area contributed by atoms with E-state index in [2.05, 4.69) is 43.3 Å². The Morgan fingerprint density at radius 2 is 2.06 bits per heavy atom. The molecule has 0 N–H and O–H groups in total. The number of hydrogen-bond donors (Lipinski definition) is 0. The zero-order valence-electron chi connectivity index (χ0n) is 10.4. The highest BCUT2D eigenvalue weighted by Crippen LogP contribution is 2.34. The molecular formula is C14H17BrO2. The Kier molecular flexibility index (Phi) is 4.52. The van der Waals surface area contributed by atoms with Gasteiger partial charge in [-0.25, -0.2) is 0 Å². The predicted molar refractivity (Wildman–Crippen MR) is 73.9 cm³/mol. The first kappa shape index (κ1) is 14.0. The van der Waals surface area contributed by atoms with Gasteiger partial charge in [0.05, 0.1) is 10.0 Å². The van der Waals surface area contributed by atoms with Crippen LogP contribution >= 0.6 is 15.9 Å². The lowest BCUT2D eigenvalue weighted by molar-refractivity contribution is 0.112. The Morgan fingerprint density at radius 3 is 2.53 bits per heavy atom. The number of halogens is 1. The summed E-state index contributed by atoms with van der Waals surface area (Å²) in [5.74, 6) is 0.577. The molecule has 0 saturated heterocycles. The normalized spacial score (nSPS) is 11.1. The summed E-state index contributed by atoms with van der Waals surface area (Å²) in [6, 6.07) is 3.86. The molecule has 1 rings (SSSR count). The van der Waals surface area contributed by atoms with Crippen LogP contribution in [0.1, 0.15) is 36.7 Å². The fourth-order valence-corrected chi connectivity index (χ4v) is 2.02. The molecule has 0 amide bonds. The van der Waals surface area contributed by atoms with E-state index in [0.717, 1.165) is 16.3 Å². The van der Waals surface area contributed by atoms with E-state index in [1.165, 1.54) is 0 Å². The monoisotopic (exact) mass is 296 g/mol. The molecule has 0 atom stereocenters. The number of benzene rings is 1. The van der Waals surface area contributed by atoms with Gasteiger partial charge in [0.25, 0.3) is 0 Å².